The average molecular weight is 759 g/mol. The van der Waals surface area contributed by atoms with Gasteiger partial charge in [0.2, 0.25) is 0 Å². The number of aromatic nitrogens is 1. The second-order valence-corrected chi connectivity index (χ2v) is 16.0. The molecule has 0 saturated carbocycles. The largest absolute Gasteiger partial charge is 0.456 e. The van der Waals surface area contributed by atoms with E-state index >= 15 is 0 Å². The van der Waals surface area contributed by atoms with E-state index in [1.807, 2.05) is 23.5 Å². The molecule has 0 saturated heterocycles. The summed E-state index contributed by atoms with van der Waals surface area (Å²) in [6, 6.07) is 74.5. The van der Waals surface area contributed by atoms with Crippen molar-refractivity contribution in [2.45, 2.75) is 0 Å². The van der Waals surface area contributed by atoms with Crippen LogP contribution in [0.2, 0.25) is 0 Å². The van der Waals surface area contributed by atoms with Crippen molar-refractivity contribution < 1.29 is 4.42 Å². The van der Waals surface area contributed by atoms with Gasteiger partial charge in [-0.1, -0.05) is 133 Å². The Morgan fingerprint density at radius 1 is 0.379 bits per heavy atom. The second-order valence-electron chi connectivity index (χ2n) is 14.9. The molecule has 12 aromatic rings. The summed E-state index contributed by atoms with van der Waals surface area (Å²) in [6.45, 7) is 0. The first-order chi connectivity index (χ1) is 28.7. The van der Waals surface area contributed by atoms with Crippen LogP contribution in [0.3, 0.4) is 0 Å². The summed E-state index contributed by atoms with van der Waals surface area (Å²) in [5.74, 6) is 0. The lowest BCUT2D eigenvalue weighted by atomic mass is 10.0. The molecule has 0 aliphatic heterocycles. The zero-order chi connectivity index (χ0) is 38.2. The Kier molecular flexibility index (Phi) is 7.40. The zero-order valence-corrected chi connectivity index (χ0v) is 32.2. The third kappa shape index (κ3) is 5.19. The molecule has 4 heteroatoms. The van der Waals surface area contributed by atoms with Gasteiger partial charge in [-0.25, -0.2) is 0 Å². The normalized spacial score (nSPS) is 11.8. The van der Waals surface area contributed by atoms with Gasteiger partial charge >= 0.3 is 0 Å². The van der Waals surface area contributed by atoms with Crippen LogP contribution in [-0.2, 0) is 0 Å². The maximum Gasteiger partial charge on any atom is 0.135 e. The van der Waals surface area contributed by atoms with Crippen molar-refractivity contribution in [3.63, 3.8) is 0 Å². The van der Waals surface area contributed by atoms with Crippen LogP contribution >= 0.6 is 11.3 Å². The van der Waals surface area contributed by atoms with E-state index in [2.05, 4.69) is 204 Å². The summed E-state index contributed by atoms with van der Waals surface area (Å²) in [5, 5.41) is 7.30. The highest BCUT2D eigenvalue weighted by molar-refractivity contribution is 7.26. The second kappa shape index (κ2) is 13.1. The first-order valence-electron chi connectivity index (χ1n) is 19.7. The fourth-order valence-electron chi connectivity index (χ4n) is 8.87. The van der Waals surface area contributed by atoms with Gasteiger partial charge in [0.15, 0.2) is 0 Å². The Morgan fingerprint density at radius 2 is 1.00 bits per heavy atom. The number of rotatable bonds is 6. The maximum atomic E-state index is 6.24. The van der Waals surface area contributed by atoms with Crippen LogP contribution in [0.4, 0.5) is 17.1 Å². The maximum absolute atomic E-state index is 6.24. The van der Waals surface area contributed by atoms with Crippen LogP contribution in [0.15, 0.2) is 211 Å². The summed E-state index contributed by atoms with van der Waals surface area (Å²) in [6.07, 6.45) is 0. The Bertz CT molecular complexity index is 3500. The monoisotopic (exact) mass is 758 g/mol. The van der Waals surface area contributed by atoms with Crippen molar-refractivity contribution in [1.82, 2.24) is 4.57 Å². The van der Waals surface area contributed by atoms with Gasteiger partial charge in [-0.2, -0.15) is 0 Å². The topological polar surface area (TPSA) is 21.3 Å². The number of anilines is 3. The van der Waals surface area contributed by atoms with Gasteiger partial charge in [0.1, 0.15) is 11.2 Å². The smallest absolute Gasteiger partial charge is 0.135 e. The van der Waals surface area contributed by atoms with Crippen LogP contribution < -0.4 is 4.90 Å². The predicted octanol–water partition coefficient (Wildman–Crippen LogP) is 15.9. The minimum atomic E-state index is 0.892. The first kappa shape index (κ1) is 32.8. The number of benzene rings is 9. The Balaban J connectivity index is 1.03. The number of furan rings is 1. The van der Waals surface area contributed by atoms with E-state index in [1.165, 1.54) is 58.7 Å². The van der Waals surface area contributed by atoms with Gasteiger partial charge < -0.3 is 13.9 Å². The molecule has 0 aliphatic carbocycles. The summed E-state index contributed by atoms with van der Waals surface area (Å²) >= 11 is 1.87. The molecule has 0 aliphatic rings. The molecular formula is C54H34N2OS. The average Bonchev–Trinajstić information content (AvgIpc) is 3.96. The van der Waals surface area contributed by atoms with Crippen molar-refractivity contribution in [3.8, 4) is 27.9 Å². The van der Waals surface area contributed by atoms with Gasteiger partial charge in [0, 0.05) is 64.5 Å². The minimum absolute atomic E-state index is 0.892. The molecule has 0 radical (unpaired) electrons. The lowest BCUT2D eigenvalue weighted by Gasteiger charge is -2.26. The molecule has 0 unspecified atom stereocenters. The molecule has 0 spiro atoms. The predicted molar refractivity (Wildman–Crippen MR) is 247 cm³/mol. The third-order valence-electron chi connectivity index (χ3n) is 11.6. The molecular weight excluding hydrogens is 725 g/mol. The van der Waals surface area contributed by atoms with Crippen LogP contribution in [0.5, 0.6) is 0 Å². The van der Waals surface area contributed by atoms with Crippen LogP contribution in [-0.4, -0.2) is 4.57 Å². The van der Waals surface area contributed by atoms with Gasteiger partial charge in [-0.15, -0.1) is 11.3 Å². The quantitative estimate of drug-likeness (QED) is 0.168. The Hall–Kier alpha value is -7.40. The standard InChI is InChI=1S/C54H34N2OS/c1-2-11-35(12-3-1)36-21-25-38(26-22-36)55(39-27-23-37(24-28-39)42-16-10-17-47-46-15-6-9-20-53(46)58-54(42)47)41-29-31-44-43-13-4-7-18-49(43)56(50(44)34-41)40-30-32-52-48(33-40)45-14-5-8-19-51(45)57-52/h1-34H. The van der Waals surface area contributed by atoms with E-state index in [4.69, 9.17) is 4.42 Å². The van der Waals surface area contributed by atoms with E-state index in [-0.39, 0.29) is 0 Å². The molecule has 58 heavy (non-hydrogen) atoms. The van der Waals surface area contributed by atoms with E-state index < -0.39 is 0 Å². The minimum Gasteiger partial charge on any atom is -0.456 e. The van der Waals surface area contributed by atoms with Crippen molar-refractivity contribution in [1.29, 1.82) is 0 Å². The molecule has 12 rings (SSSR count). The van der Waals surface area contributed by atoms with Gasteiger partial charge in [-0.3, -0.25) is 0 Å². The molecule has 3 nitrogen and oxygen atoms in total. The number of fused-ring (bicyclic) bond motifs is 9. The Labute approximate surface area is 338 Å². The van der Waals surface area contributed by atoms with Gasteiger partial charge in [0.25, 0.3) is 0 Å². The van der Waals surface area contributed by atoms with Crippen LogP contribution in [0.1, 0.15) is 0 Å². The van der Waals surface area contributed by atoms with Crippen LogP contribution in [0, 0.1) is 0 Å². The number of thiophene rings is 1. The van der Waals surface area contributed by atoms with Gasteiger partial charge in [-0.05, 0) is 95.1 Å². The third-order valence-corrected chi connectivity index (χ3v) is 12.8. The number of hydrogen-bond donors (Lipinski definition) is 0. The molecule has 0 bridgehead atoms. The molecule has 272 valence electrons. The Morgan fingerprint density at radius 3 is 1.83 bits per heavy atom. The zero-order valence-electron chi connectivity index (χ0n) is 31.3. The fraction of sp³-hybridized carbons (Fsp3) is 0. The van der Waals surface area contributed by atoms with Crippen molar-refractivity contribution >= 4 is 92.3 Å². The summed E-state index contributed by atoms with van der Waals surface area (Å²) in [7, 11) is 0. The first-order valence-corrected chi connectivity index (χ1v) is 20.5. The molecule has 3 aromatic heterocycles. The number of para-hydroxylation sites is 2. The van der Waals surface area contributed by atoms with Crippen LogP contribution in [0.25, 0.3) is 91.9 Å². The van der Waals surface area contributed by atoms with E-state index in [0.717, 1.165) is 50.2 Å². The van der Waals surface area contributed by atoms with Crippen molar-refractivity contribution in [2.24, 2.45) is 0 Å². The van der Waals surface area contributed by atoms with Crippen molar-refractivity contribution in [3.05, 3.63) is 206 Å². The van der Waals surface area contributed by atoms with E-state index in [9.17, 15) is 0 Å². The summed E-state index contributed by atoms with van der Waals surface area (Å²) < 4.78 is 11.3. The molecule has 0 fully saturated rings. The fourth-order valence-corrected chi connectivity index (χ4v) is 10.1. The summed E-state index contributed by atoms with van der Waals surface area (Å²) in [4.78, 5) is 2.38. The summed E-state index contributed by atoms with van der Waals surface area (Å²) in [5.41, 5.74) is 13.3. The SMILES string of the molecule is c1ccc(-c2ccc(N(c3ccc(-c4cccc5c4sc4ccccc45)cc3)c3ccc4c5ccccc5n(-c5ccc6oc7ccccc7c6c5)c4c3)cc2)cc1. The van der Waals surface area contributed by atoms with E-state index in [0.29, 0.717) is 0 Å². The van der Waals surface area contributed by atoms with Gasteiger partial charge in [0.05, 0.1) is 11.0 Å². The molecule has 3 heterocycles. The number of nitrogens with zero attached hydrogens (tertiary/aromatic N) is 2. The highest BCUT2D eigenvalue weighted by Crippen LogP contribution is 2.43. The lowest BCUT2D eigenvalue weighted by Crippen LogP contribution is -2.10. The lowest BCUT2D eigenvalue weighted by molar-refractivity contribution is 0.669. The highest BCUT2D eigenvalue weighted by atomic mass is 32.1. The van der Waals surface area contributed by atoms with E-state index in [1.54, 1.807) is 0 Å². The number of hydrogen-bond acceptors (Lipinski definition) is 3. The molecule has 9 aromatic carbocycles. The molecule has 0 N–H and O–H groups in total. The van der Waals surface area contributed by atoms with Crippen molar-refractivity contribution in [2.75, 3.05) is 4.90 Å². The molecule has 0 amide bonds. The molecule has 0 atom stereocenters. The highest BCUT2D eigenvalue weighted by Gasteiger charge is 2.19.